The van der Waals surface area contributed by atoms with Gasteiger partial charge in [0.25, 0.3) is 5.91 Å². The predicted molar refractivity (Wildman–Crippen MR) is 133 cm³/mol. The molecule has 2 aromatic rings. The molecule has 0 heterocycles. The van der Waals surface area contributed by atoms with Gasteiger partial charge in [-0.05, 0) is 37.0 Å². The number of rotatable bonds is 12. The van der Waals surface area contributed by atoms with Gasteiger partial charge in [0.2, 0.25) is 5.91 Å². The van der Waals surface area contributed by atoms with Gasteiger partial charge in [-0.25, -0.2) is 0 Å². The second kappa shape index (κ2) is 12.9. The average Bonchev–Trinajstić information content (AvgIpc) is 3.39. The van der Waals surface area contributed by atoms with E-state index < -0.39 is 6.04 Å². The molecule has 8 nitrogen and oxygen atoms in total. The zero-order chi connectivity index (χ0) is 25.2. The third-order valence-electron chi connectivity index (χ3n) is 6.26. The van der Waals surface area contributed by atoms with Crippen molar-refractivity contribution in [2.24, 2.45) is 0 Å². The maximum atomic E-state index is 13.5. The molecule has 0 aliphatic heterocycles. The highest BCUT2D eigenvalue weighted by Crippen LogP contribution is 2.27. The summed E-state index contributed by atoms with van der Waals surface area (Å²) in [5.74, 6) is 1.84. The maximum Gasteiger partial charge on any atom is 0.261 e. The van der Waals surface area contributed by atoms with Crippen molar-refractivity contribution in [2.45, 2.75) is 57.7 Å². The highest BCUT2D eigenvalue weighted by atomic mass is 16.5. The van der Waals surface area contributed by atoms with Crippen molar-refractivity contribution in [3.8, 4) is 23.0 Å². The van der Waals surface area contributed by atoms with Crippen LogP contribution in [0.5, 0.6) is 23.0 Å². The third kappa shape index (κ3) is 7.28. The fourth-order valence-electron chi connectivity index (χ4n) is 4.35. The second-order valence-corrected chi connectivity index (χ2v) is 8.62. The molecule has 0 spiro atoms. The SMILES string of the molecule is CCC(C(=O)NC1CCCC1)N(Cc1cccc(OC)c1)C(=O)COc1cc(OC)cc(OC)c1. The number of hydrogen-bond donors (Lipinski definition) is 1. The first-order valence-electron chi connectivity index (χ1n) is 12.1. The smallest absolute Gasteiger partial charge is 0.261 e. The number of benzene rings is 2. The van der Waals surface area contributed by atoms with Gasteiger partial charge in [0, 0.05) is 30.8 Å². The summed E-state index contributed by atoms with van der Waals surface area (Å²) >= 11 is 0. The van der Waals surface area contributed by atoms with Crippen molar-refractivity contribution < 1.29 is 28.5 Å². The van der Waals surface area contributed by atoms with Crippen molar-refractivity contribution in [1.29, 1.82) is 0 Å². The monoisotopic (exact) mass is 484 g/mol. The summed E-state index contributed by atoms with van der Waals surface area (Å²) in [5, 5.41) is 3.15. The third-order valence-corrected chi connectivity index (χ3v) is 6.26. The van der Waals surface area contributed by atoms with E-state index in [1.807, 2.05) is 31.2 Å². The number of carbonyl (C=O) groups is 2. The molecule has 1 aliphatic carbocycles. The normalized spacial score (nSPS) is 14.2. The Balaban J connectivity index is 1.80. The van der Waals surface area contributed by atoms with Gasteiger partial charge >= 0.3 is 0 Å². The zero-order valence-corrected chi connectivity index (χ0v) is 21.0. The first kappa shape index (κ1) is 26.2. The predicted octanol–water partition coefficient (Wildman–Crippen LogP) is 3.96. The molecule has 2 aromatic carbocycles. The van der Waals surface area contributed by atoms with Crippen LogP contribution < -0.4 is 24.3 Å². The van der Waals surface area contributed by atoms with Crippen LogP contribution in [-0.4, -0.2) is 56.7 Å². The Hall–Kier alpha value is -3.42. The molecule has 1 aliphatic rings. The molecule has 0 saturated heterocycles. The highest BCUT2D eigenvalue weighted by molar-refractivity contribution is 5.88. The molecule has 35 heavy (non-hydrogen) atoms. The van der Waals surface area contributed by atoms with E-state index in [-0.39, 0.29) is 31.0 Å². The Morgan fingerprint density at radius 2 is 1.57 bits per heavy atom. The van der Waals surface area contributed by atoms with Crippen LogP contribution >= 0.6 is 0 Å². The topological polar surface area (TPSA) is 86.3 Å². The van der Waals surface area contributed by atoms with Gasteiger partial charge in [-0.1, -0.05) is 31.9 Å². The molecule has 2 amide bonds. The first-order valence-corrected chi connectivity index (χ1v) is 12.1. The Kier molecular flexibility index (Phi) is 9.64. The minimum Gasteiger partial charge on any atom is -0.497 e. The number of carbonyl (C=O) groups excluding carboxylic acids is 2. The van der Waals surface area contributed by atoms with Crippen LogP contribution in [0.3, 0.4) is 0 Å². The number of ether oxygens (including phenoxy) is 4. The summed E-state index contributed by atoms with van der Waals surface area (Å²) in [6.07, 6.45) is 4.68. The molecule has 0 bridgehead atoms. The molecular formula is C27H36N2O6. The van der Waals surface area contributed by atoms with Gasteiger partial charge in [0.05, 0.1) is 21.3 Å². The van der Waals surface area contributed by atoms with Crippen LogP contribution in [0.25, 0.3) is 0 Å². The van der Waals surface area contributed by atoms with Crippen molar-refractivity contribution >= 4 is 11.8 Å². The summed E-state index contributed by atoms with van der Waals surface area (Å²) in [5.41, 5.74) is 0.868. The van der Waals surface area contributed by atoms with Gasteiger partial charge < -0.3 is 29.2 Å². The number of nitrogens with zero attached hydrogens (tertiary/aromatic N) is 1. The largest absolute Gasteiger partial charge is 0.497 e. The van der Waals surface area contributed by atoms with Crippen LogP contribution in [0.2, 0.25) is 0 Å². The van der Waals surface area contributed by atoms with E-state index >= 15 is 0 Å². The molecule has 1 fully saturated rings. The molecule has 1 unspecified atom stereocenters. The van der Waals surface area contributed by atoms with E-state index in [4.69, 9.17) is 18.9 Å². The van der Waals surface area contributed by atoms with E-state index in [2.05, 4.69) is 5.32 Å². The zero-order valence-electron chi connectivity index (χ0n) is 21.0. The fourth-order valence-corrected chi connectivity index (χ4v) is 4.35. The Morgan fingerprint density at radius 1 is 0.943 bits per heavy atom. The van der Waals surface area contributed by atoms with Gasteiger partial charge in [-0.15, -0.1) is 0 Å². The standard InChI is InChI=1S/C27H36N2O6/c1-5-25(27(31)28-20-10-6-7-11-20)29(17-19-9-8-12-21(13-19)32-2)26(30)18-35-24-15-22(33-3)14-23(16-24)34-4/h8-9,12-16,20,25H,5-7,10-11,17-18H2,1-4H3,(H,28,31). The van der Waals surface area contributed by atoms with Gasteiger partial charge in [0.1, 0.15) is 29.0 Å². The lowest BCUT2D eigenvalue weighted by molar-refractivity contribution is -0.143. The van der Waals surface area contributed by atoms with Crippen molar-refractivity contribution in [2.75, 3.05) is 27.9 Å². The van der Waals surface area contributed by atoms with Gasteiger partial charge in [-0.3, -0.25) is 9.59 Å². The van der Waals surface area contributed by atoms with E-state index in [0.717, 1.165) is 31.2 Å². The molecule has 8 heteroatoms. The molecule has 1 N–H and O–H groups in total. The Morgan fingerprint density at radius 3 is 2.17 bits per heavy atom. The van der Waals surface area contributed by atoms with Gasteiger partial charge in [-0.2, -0.15) is 0 Å². The van der Waals surface area contributed by atoms with E-state index in [1.165, 1.54) is 0 Å². The molecule has 1 saturated carbocycles. The summed E-state index contributed by atoms with van der Waals surface area (Å²) < 4.78 is 21.7. The van der Waals surface area contributed by atoms with Crippen molar-refractivity contribution in [3.63, 3.8) is 0 Å². The summed E-state index contributed by atoms with van der Waals surface area (Å²) in [7, 11) is 4.70. The van der Waals surface area contributed by atoms with E-state index in [9.17, 15) is 9.59 Å². The number of methoxy groups -OCH3 is 3. The lowest BCUT2D eigenvalue weighted by atomic mass is 10.1. The second-order valence-electron chi connectivity index (χ2n) is 8.62. The average molecular weight is 485 g/mol. The van der Waals surface area contributed by atoms with Gasteiger partial charge in [0.15, 0.2) is 6.61 Å². The molecule has 1 atom stereocenters. The number of nitrogens with one attached hydrogen (secondary N) is 1. The molecule has 190 valence electrons. The van der Waals surface area contributed by atoms with E-state index in [1.54, 1.807) is 44.4 Å². The highest BCUT2D eigenvalue weighted by Gasteiger charge is 2.31. The summed E-state index contributed by atoms with van der Waals surface area (Å²) in [4.78, 5) is 28.3. The van der Waals surface area contributed by atoms with E-state index in [0.29, 0.717) is 29.4 Å². The summed E-state index contributed by atoms with van der Waals surface area (Å²) in [6, 6.07) is 12.2. The lowest BCUT2D eigenvalue weighted by Gasteiger charge is -2.31. The lowest BCUT2D eigenvalue weighted by Crippen LogP contribution is -2.52. The molecule has 0 radical (unpaired) electrons. The first-order chi connectivity index (χ1) is 17.0. The number of amides is 2. The van der Waals surface area contributed by atoms with Crippen LogP contribution in [0.15, 0.2) is 42.5 Å². The minimum absolute atomic E-state index is 0.126. The summed E-state index contributed by atoms with van der Waals surface area (Å²) in [6.45, 7) is 1.95. The molecular weight excluding hydrogens is 448 g/mol. The molecule has 3 rings (SSSR count). The number of hydrogen-bond acceptors (Lipinski definition) is 6. The quantitative estimate of drug-likeness (QED) is 0.491. The molecule has 0 aromatic heterocycles. The fraction of sp³-hybridized carbons (Fsp3) is 0.481. The van der Waals surface area contributed by atoms with Crippen LogP contribution in [0.1, 0.15) is 44.6 Å². The minimum atomic E-state index is -0.613. The van der Waals surface area contributed by atoms with Crippen molar-refractivity contribution in [1.82, 2.24) is 10.2 Å². The van der Waals surface area contributed by atoms with Crippen molar-refractivity contribution in [3.05, 3.63) is 48.0 Å². The Bertz CT molecular complexity index is 967. The van der Waals surface area contributed by atoms with Crippen LogP contribution in [-0.2, 0) is 16.1 Å². The Labute approximate surface area is 207 Å². The van der Waals surface area contributed by atoms with Crippen LogP contribution in [0.4, 0.5) is 0 Å². The maximum absolute atomic E-state index is 13.5. The van der Waals surface area contributed by atoms with Crippen LogP contribution in [0, 0.1) is 0 Å².